The van der Waals surface area contributed by atoms with Gasteiger partial charge in [0.25, 0.3) is 0 Å². The van der Waals surface area contributed by atoms with Crippen molar-refractivity contribution in [2.45, 2.75) is 6.04 Å². The van der Waals surface area contributed by atoms with E-state index in [0.717, 1.165) is 10.2 Å². The Hall–Kier alpha value is -0.590. The van der Waals surface area contributed by atoms with Gasteiger partial charge in [-0.15, -0.1) is 0 Å². The minimum Gasteiger partial charge on any atom is -0.497 e. The molecule has 0 fully saturated rings. The van der Waals surface area contributed by atoms with Gasteiger partial charge in [0.15, 0.2) is 0 Å². The summed E-state index contributed by atoms with van der Waals surface area (Å²) in [6.07, 6.45) is 0. The molecule has 0 aliphatic rings. The molecule has 1 atom stereocenters. The van der Waals surface area contributed by atoms with E-state index in [1.54, 1.807) is 7.11 Å². The highest BCUT2D eigenvalue weighted by Crippen LogP contribution is 2.30. The molecule has 0 radical (unpaired) electrons. The Morgan fingerprint density at radius 2 is 1.84 bits per heavy atom. The van der Waals surface area contributed by atoms with Crippen LogP contribution < -0.4 is 10.1 Å². The molecule has 0 aliphatic carbocycles. The van der Waals surface area contributed by atoms with Gasteiger partial charge in [0.1, 0.15) is 5.75 Å². The molecule has 1 N–H and O–H groups in total. The molecule has 0 aromatic heterocycles. The number of hydrogen-bond acceptors (Lipinski definition) is 2. The second kappa shape index (κ2) is 6.72. The minimum atomic E-state index is 0.162. The van der Waals surface area contributed by atoms with Crippen LogP contribution in [0.25, 0.3) is 0 Å². The zero-order valence-electron chi connectivity index (χ0n) is 10.8. The van der Waals surface area contributed by atoms with Crippen LogP contribution in [0.15, 0.2) is 46.9 Å². The molecular weight excluding hydrogens is 417 g/mol. The number of ether oxygens (including phenoxy) is 1. The summed E-state index contributed by atoms with van der Waals surface area (Å²) in [5, 5.41) is 3.37. The Kier molecular flexibility index (Phi) is 5.24. The maximum atomic E-state index is 5.20. The first-order valence-corrected chi connectivity index (χ1v) is 7.79. The van der Waals surface area contributed by atoms with Crippen LogP contribution >= 0.6 is 38.5 Å². The van der Waals surface area contributed by atoms with Crippen molar-refractivity contribution in [1.82, 2.24) is 5.32 Å². The third kappa shape index (κ3) is 3.49. The van der Waals surface area contributed by atoms with Crippen molar-refractivity contribution in [3.63, 3.8) is 0 Å². The van der Waals surface area contributed by atoms with Crippen LogP contribution in [0.1, 0.15) is 17.2 Å². The molecule has 100 valence electrons. The molecule has 2 aromatic carbocycles. The van der Waals surface area contributed by atoms with Gasteiger partial charge in [-0.25, -0.2) is 0 Å². The third-order valence-corrected chi connectivity index (χ3v) is 4.40. The summed E-state index contributed by atoms with van der Waals surface area (Å²) >= 11 is 5.96. The topological polar surface area (TPSA) is 21.3 Å². The SMILES string of the molecule is CNC(c1ccc(OC)cc1)c1cc(I)ccc1Br. The van der Waals surface area contributed by atoms with Crippen LogP contribution in [0.3, 0.4) is 0 Å². The van der Waals surface area contributed by atoms with E-state index < -0.39 is 0 Å². The Morgan fingerprint density at radius 1 is 1.16 bits per heavy atom. The molecule has 0 heterocycles. The van der Waals surface area contributed by atoms with Crippen molar-refractivity contribution < 1.29 is 4.74 Å². The lowest BCUT2D eigenvalue weighted by Crippen LogP contribution is -2.18. The number of halogens is 2. The highest BCUT2D eigenvalue weighted by Gasteiger charge is 2.15. The molecule has 2 nitrogen and oxygen atoms in total. The van der Waals surface area contributed by atoms with Crippen molar-refractivity contribution in [2.75, 3.05) is 14.2 Å². The second-order valence-corrected chi connectivity index (χ2v) is 6.26. The van der Waals surface area contributed by atoms with E-state index in [1.165, 1.54) is 14.7 Å². The van der Waals surface area contributed by atoms with E-state index >= 15 is 0 Å². The van der Waals surface area contributed by atoms with Crippen molar-refractivity contribution in [3.8, 4) is 5.75 Å². The zero-order valence-corrected chi connectivity index (χ0v) is 14.5. The highest BCUT2D eigenvalue weighted by molar-refractivity contribution is 14.1. The Bertz CT molecular complexity index is 557. The predicted molar refractivity (Wildman–Crippen MR) is 90.8 cm³/mol. The van der Waals surface area contributed by atoms with E-state index in [9.17, 15) is 0 Å². The molecule has 0 aliphatic heterocycles. The van der Waals surface area contributed by atoms with Gasteiger partial charge >= 0.3 is 0 Å². The van der Waals surface area contributed by atoms with Gasteiger partial charge in [-0.05, 0) is 71.1 Å². The number of rotatable bonds is 4. The van der Waals surface area contributed by atoms with E-state index in [1.807, 2.05) is 19.2 Å². The third-order valence-electron chi connectivity index (χ3n) is 3.01. The lowest BCUT2D eigenvalue weighted by Gasteiger charge is -2.19. The monoisotopic (exact) mass is 431 g/mol. The fourth-order valence-corrected chi connectivity index (χ4v) is 3.02. The van der Waals surface area contributed by atoms with Crippen molar-refractivity contribution in [3.05, 3.63) is 61.6 Å². The summed E-state index contributed by atoms with van der Waals surface area (Å²) in [6.45, 7) is 0. The highest BCUT2D eigenvalue weighted by atomic mass is 127. The lowest BCUT2D eigenvalue weighted by atomic mass is 9.99. The number of nitrogens with one attached hydrogen (secondary N) is 1. The van der Waals surface area contributed by atoms with Crippen molar-refractivity contribution in [2.24, 2.45) is 0 Å². The van der Waals surface area contributed by atoms with Gasteiger partial charge in [-0.1, -0.05) is 28.1 Å². The summed E-state index contributed by atoms with van der Waals surface area (Å²) in [6, 6.07) is 14.7. The average molecular weight is 432 g/mol. The molecule has 4 heteroatoms. The lowest BCUT2D eigenvalue weighted by molar-refractivity contribution is 0.414. The van der Waals surface area contributed by atoms with Gasteiger partial charge in [-0.3, -0.25) is 0 Å². The van der Waals surface area contributed by atoms with Crippen LogP contribution in [0, 0.1) is 3.57 Å². The van der Waals surface area contributed by atoms with Crippen LogP contribution in [0.4, 0.5) is 0 Å². The number of hydrogen-bond donors (Lipinski definition) is 1. The average Bonchev–Trinajstić information content (AvgIpc) is 2.44. The number of methoxy groups -OCH3 is 1. The molecule has 0 spiro atoms. The first-order valence-electron chi connectivity index (χ1n) is 5.92. The molecule has 2 rings (SSSR count). The van der Waals surface area contributed by atoms with Crippen LogP contribution in [0.5, 0.6) is 5.75 Å². The standard InChI is InChI=1S/C15H15BrINO/c1-18-15(10-3-6-12(19-2)7-4-10)13-9-11(17)5-8-14(13)16/h3-9,15,18H,1-2H3. The smallest absolute Gasteiger partial charge is 0.118 e. The second-order valence-electron chi connectivity index (χ2n) is 4.16. The van der Waals surface area contributed by atoms with Crippen molar-refractivity contribution in [1.29, 1.82) is 0 Å². The summed E-state index contributed by atoms with van der Waals surface area (Å²) in [5.74, 6) is 0.875. The van der Waals surface area contributed by atoms with E-state index in [0.29, 0.717) is 0 Å². The van der Waals surface area contributed by atoms with Crippen molar-refractivity contribution >= 4 is 38.5 Å². The van der Waals surface area contributed by atoms with Gasteiger partial charge in [0.05, 0.1) is 13.2 Å². The van der Waals surface area contributed by atoms with Gasteiger partial charge in [0.2, 0.25) is 0 Å². The van der Waals surface area contributed by atoms with Crippen LogP contribution in [-0.4, -0.2) is 14.2 Å². The number of benzene rings is 2. The fourth-order valence-electron chi connectivity index (χ4n) is 2.03. The molecule has 0 bridgehead atoms. The molecule has 0 amide bonds. The summed E-state index contributed by atoms with van der Waals surface area (Å²) in [5.41, 5.74) is 2.45. The molecule has 0 saturated heterocycles. The van der Waals surface area contributed by atoms with E-state index in [-0.39, 0.29) is 6.04 Å². The first-order chi connectivity index (χ1) is 9.15. The van der Waals surface area contributed by atoms with Crippen LogP contribution in [-0.2, 0) is 0 Å². The largest absolute Gasteiger partial charge is 0.497 e. The van der Waals surface area contributed by atoms with Gasteiger partial charge < -0.3 is 10.1 Å². The molecule has 0 saturated carbocycles. The zero-order chi connectivity index (χ0) is 13.8. The Morgan fingerprint density at radius 3 is 2.42 bits per heavy atom. The predicted octanol–water partition coefficient (Wildman–Crippen LogP) is 4.37. The maximum Gasteiger partial charge on any atom is 0.118 e. The summed E-state index contributed by atoms with van der Waals surface area (Å²) in [4.78, 5) is 0. The Balaban J connectivity index is 2.40. The first kappa shape index (κ1) is 14.8. The quantitative estimate of drug-likeness (QED) is 0.725. The minimum absolute atomic E-state index is 0.162. The maximum absolute atomic E-state index is 5.20. The summed E-state index contributed by atoms with van der Waals surface area (Å²) in [7, 11) is 3.65. The van der Waals surface area contributed by atoms with Crippen LogP contribution in [0.2, 0.25) is 0 Å². The summed E-state index contributed by atoms with van der Waals surface area (Å²) < 4.78 is 7.54. The molecule has 2 aromatic rings. The van der Waals surface area contributed by atoms with E-state index in [4.69, 9.17) is 4.74 Å². The van der Waals surface area contributed by atoms with Gasteiger partial charge in [-0.2, -0.15) is 0 Å². The Labute approximate surface area is 135 Å². The molecule has 19 heavy (non-hydrogen) atoms. The molecular formula is C15H15BrINO. The van der Waals surface area contributed by atoms with Gasteiger partial charge in [0, 0.05) is 8.04 Å². The molecule has 1 unspecified atom stereocenters. The van der Waals surface area contributed by atoms with E-state index in [2.05, 4.69) is 74.2 Å². The fraction of sp³-hybridized carbons (Fsp3) is 0.200. The normalized spacial score (nSPS) is 12.2.